The number of hydrogen-bond donors (Lipinski definition) is 0. The Bertz CT molecular complexity index is 307. The molecule has 1 heteroatoms. The molecule has 0 saturated carbocycles. The van der Waals surface area contributed by atoms with Crippen LogP contribution in [0.3, 0.4) is 0 Å². The molecule has 0 radical (unpaired) electrons. The van der Waals surface area contributed by atoms with E-state index in [1.165, 1.54) is 11.1 Å². The average Bonchev–Trinajstić information content (AvgIpc) is 2.26. The standard InChI is InChI=1S/C14H21N/c1-5-15(6-2)11-13-7-9-14(10-8-13)12(3)4/h7-10H,3,5-6,11H2,1-2,4H3. The van der Waals surface area contributed by atoms with E-state index in [0.717, 1.165) is 25.2 Å². The van der Waals surface area contributed by atoms with Crippen LogP contribution in [0.2, 0.25) is 0 Å². The Balaban J connectivity index is 2.67. The molecule has 0 saturated heterocycles. The van der Waals surface area contributed by atoms with Gasteiger partial charge in [-0.15, -0.1) is 0 Å². The summed E-state index contributed by atoms with van der Waals surface area (Å²) in [7, 11) is 0. The monoisotopic (exact) mass is 203 g/mol. The second kappa shape index (κ2) is 5.72. The summed E-state index contributed by atoms with van der Waals surface area (Å²) in [6, 6.07) is 8.70. The highest BCUT2D eigenvalue weighted by molar-refractivity contribution is 5.61. The number of allylic oxidation sites excluding steroid dienone is 1. The zero-order chi connectivity index (χ0) is 11.3. The molecule has 1 aromatic rings. The number of hydrogen-bond acceptors (Lipinski definition) is 1. The van der Waals surface area contributed by atoms with Gasteiger partial charge in [0.2, 0.25) is 0 Å². The molecule has 0 unspecified atom stereocenters. The molecular weight excluding hydrogens is 182 g/mol. The van der Waals surface area contributed by atoms with Gasteiger partial charge in [-0.2, -0.15) is 0 Å². The van der Waals surface area contributed by atoms with Crippen molar-refractivity contribution >= 4 is 5.57 Å². The largest absolute Gasteiger partial charge is 0.300 e. The summed E-state index contributed by atoms with van der Waals surface area (Å²) in [5.41, 5.74) is 3.74. The molecule has 0 N–H and O–H groups in total. The fraction of sp³-hybridized carbons (Fsp3) is 0.429. The van der Waals surface area contributed by atoms with Gasteiger partial charge in [0.05, 0.1) is 0 Å². The molecule has 0 atom stereocenters. The summed E-state index contributed by atoms with van der Waals surface area (Å²) in [4.78, 5) is 2.41. The van der Waals surface area contributed by atoms with Crippen molar-refractivity contribution in [3.05, 3.63) is 42.0 Å². The van der Waals surface area contributed by atoms with E-state index in [9.17, 15) is 0 Å². The van der Waals surface area contributed by atoms with E-state index >= 15 is 0 Å². The van der Waals surface area contributed by atoms with Crippen molar-refractivity contribution in [1.82, 2.24) is 4.90 Å². The molecule has 1 rings (SSSR count). The molecule has 1 aromatic carbocycles. The van der Waals surface area contributed by atoms with Crippen molar-refractivity contribution in [2.24, 2.45) is 0 Å². The van der Waals surface area contributed by atoms with Crippen LogP contribution < -0.4 is 0 Å². The van der Waals surface area contributed by atoms with Gasteiger partial charge in [0.1, 0.15) is 0 Å². The highest BCUT2D eigenvalue weighted by Crippen LogP contribution is 2.13. The molecule has 0 aliphatic carbocycles. The van der Waals surface area contributed by atoms with E-state index in [1.54, 1.807) is 0 Å². The van der Waals surface area contributed by atoms with Gasteiger partial charge >= 0.3 is 0 Å². The van der Waals surface area contributed by atoms with Crippen LogP contribution in [0, 0.1) is 0 Å². The van der Waals surface area contributed by atoms with Gasteiger partial charge in [-0.1, -0.05) is 50.3 Å². The zero-order valence-electron chi connectivity index (χ0n) is 10.1. The fourth-order valence-corrected chi connectivity index (χ4v) is 1.60. The van der Waals surface area contributed by atoms with Gasteiger partial charge in [-0.3, -0.25) is 4.90 Å². The van der Waals surface area contributed by atoms with Crippen LogP contribution in [0.5, 0.6) is 0 Å². The van der Waals surface area contributed by atoms with E-state index in [1.807, 2.05) is 6.92 Å². The maximum absolute atomic E-state index is 3.94. The summed E-state index contributed by atoms with van der Waals surface area (Å²) in [5.74, 6) is 0. The van der Waals surface area contributed by atoms with Crippen molar-refractivity contribution in [3.63, 3.8) is 0 Å². The Morgan fingerprint density at radius 2 is 1.67 bits per heavy atom. The Hall–Kier alpha value is -1.08. The number of rotatable bonds is 5. The van der Waals surface area contributed by atoms with Crippen LogP contribution in [0.4, 0.5) is 0 Å². The first-order valence-corrected chi connectivity index (χ1v) is 5.64. The molecule has 15 heavy (non-hydrogen) atoms. The minimum atomic E-state index is 1.05. The van der Waals surface area contributed by atoms with E-state index in [2.05, 4.69) is 49.6 Å². The van der Waals surface area contributed by atoms with Gasteiger partial charge in [-0.25, -0.2) is 0 Å². The molecule has 1 nitrogen and oxygen atoms in total. The zero-order valence-corrected chi connectivity index (χ0v) is 10.1. The van der Waals surface area contributed by atoms with Crippen LogP contribution in [0.1, 0.15) is 31.9 Å². The van der Waals surface area contributed by atoms with Gasteiger partial charge in [0.25, 0.3) is 0 Å². The Labute approximate surface area is 93.4 Å². The van der Waals surface area contributed by atoms with Gasteiger partial charge in [0.15, 0.2) is 0 Å². The number of nitrogens with zero attached hydrogens (tertiary/aromatic N) is 1. The summed E-state index contributed by atoms with van der Waals surface area (Å²) < 4.78 is 0. The maximum Gasteiger partial charge on any atom is 0.0233 e. The molecule has 0 aliphatic rings. The molecule has 0 aliphatic heterocycles. The molecular formula is C14H21N. The lowest BCUT2D eigenvalue weighted by Gasteiger charge is -2.18. The summed E-state index contributed by atoms with van der Waals surface area (Å²) >= 11 is 0. The normalized spacial score (nSPS) is 10.7. The second-order valence-corrected chi connectivity index (χ2v) is 3.94. The van der Waals surface area contributed by atoms with E-state index in [4.69, 9.17) is 0 Å². The first-order valence-electron chi connectivity index (χ1n) is 5.64. The Kier molecular flexibility index (Phi) is 4.57. The lowest BCUT2D eigenvalue weighted by Crippen LogP contribution is -2.21. The van der Waals surface area contributed by atoms with Crippen molar-refractivity contribution in [3.8, 4) is 0 Å². The van der Waals surface area contributed by atoms with Crippen LogP contribution in [0.15, 0.2) is 30.8 Å². The molecule has 0 aromatic heterocycles. The minimum Gasteiger partial charge on any atom is -0.300 e. The third-order valence-electron chi connectivity index (χ3n) is 2.75. The highest BCUT2D eigenvalue weighted by Gasteiger charge is 2.00. The van der Waals surface area contributed by atoms with Gasteiger partial charge in [0, 0.05) is 6.54 Å². The van der Waals surface area contributed by atoms with E-state index in [0.29, 0.717) is 0 Å². The SMILES string of the molecule is C=C(C)c1ccc(CN(CC)CC)cc1. The smallest absolute Gasteiger partial charge is 0.0233 e. The predicted octanol–water partition coefficient (Wildman–Crippen LogP) is 3.56. The van der Waals surface area contributed by atoms with Gasteiger partial charge < -0.3 is 0 Å². The number of benzene rings is 1. The van der Waals surface area contributed by atoms with Crippen LogP contribution >= 0.6 is 0 Å². The first kappa shape index (κ1) is 12.0. The quantitative estimate of drug-likeness (QED) is 0.707. The second-order valence-electron chi connectivity index (χ2n) is 3.94. The Morgan fingerprint density at radius 1 is 1.13 bits per heavy atom. The predicted molar refractivity (Wildman–Crippen MR) is 67.8 cm³/mol. The lowest BCUT2D eigenvalue weighted by molar-refractivity contribution is 0.296. The third kappa shape index (κ3) is 3.52. The maximum atomic E-state index is 3.94. The highest BCUT2D eigenvalue weighted by atomic mass is 15.1. The van der Waals surface area contributed by atoms with Gasteiger partial charge in [-0.05, 0) is 31.1 Å². The minimum absolute atomic E-state index is 1.05. The molecule has 82 valence electrons. The molecule has 0 spiro atoms. The lowest BCUT2D eigenvalue weighted by atomic mass is 10.1. The van der Waals surface area contributed by atoms with Crippen LogP contribution in [-0.2, 0) is 6.54 Å². The summed E-state index contributed by atoms with van der Waals surface area (Å²) in [6.45, 7) is 13.6. The van der Waals surface area contributed by atoms with Crippen molar-refractivity contribution in [2.45, 2.75) is 27.3 Å². The van der Waals surface area contributed by atoms with Crippen LogP contribution in [0.25, 0.3) is 5.57 Å². The summed E-state index contributed by atoms with van der Waals surface area (Å²) in [6.07, 6.45) is 0. The topological polar surface area (TPSA) is 3.24 Å². The Morgan fingerprint density at radius 3 is 2.07 bits per heavy atom. The molecule has 0 bridgehead atoms. The molecule has 0 amide bonds. The molecule has 0 fully saturated rings. The van der Waals surface area contributed by atoms with Crippen molar-refractivity contribution < 1.29 is 0 Å². The van der Waals surface area contributed by atoms with Crippen molar-refractivity contribution in [1.29, 1.82) is 0 Å². The third-order valence-corrected chi connectivity index (χ3v) is 2.75. The average molecular weight is 203 g/mol. The van der Waals surface area contributed by atoms with E-state index in [-0.39, 0.29) is 0 Å². The summed E-state index contributed by atoms with van der Waals surface area (Å²) in [5, 5.41) is 0. The first-order chi connectivity index (χ1) is 7.17. The van der Waals surface area contributed by atoms with E-state index < -0.39 is 0 Å². The molecule has 0 heterocycles. The van der Waals surface area contributed by atoms with Crippen LogP contribution in [-0.4, -0.2) is 18.0 Å². The van der Waals surface area contributed by atoms with Crippen molar-refractivity contribution in [2.75, 3.05) is 13.1 Å². The fourth-order valence-electron chi connectivity index (χ4n) is 1.60.